The fraction of sp³-hybridized carbons (Fsp3) is 0.214. The Morgan fingerprint density at radius 3 is 2.38 bits per heavy atom. The van der Waals surface area contributed by atoms with E-state index in [1.54, 1.807) is 6.07 Å². The van der Waals surface area contributed by atoms with Crippen LogP contribution in [-0.4, -0.2) is 4.98 Å². The third-order valence-electron chi connectivity index (χ3n) is 2.77. The van der Waals surface area contributed by atoms with Gasteiger partial charge in [0.2, 0.25) is 5.88 Å². The molecule has 0 fully saturated rings. The summed E-state index contributed by atoms with van der Waals surface area (Å²) in [5, 5.41) is 0. The van der Waals surface area contributed by atoms with E-state index in [-0.39, 0.29) is 24.6 Å². The topological polar surface area (TPSA) is 48.1 Å². The highest BCUT2D eigenvalue weighted by Crippen LogP contribution is 2.30. The van der Waals surface area contributed by atoms with Gasteiger partial charge < -0.3 is 10.5 Å². The quantitative estimate of drug-likeness (QED) is 0.882. The molecule has 0 radical (unpaired) electrons. The molecule has 1 aromatic carbocycles. The molecule has 2 rings (SSSR count). The van der Waals surface area contributed by atoms with Crippen molar-refractivity contribution in [3.05, 3.63) is 59.0 Å². The maximum atomic E-state index is 13.4. The fourth-order valence-electron chi connectivity index (χ4n) is 1.67. The van der Waals surface area contributed by atoms with E-state index in [2.05, 4.69) is 4.98 Å². The van der Waals surface area contributed by atoms with Crippen LogP contribution in [0.1, 0.15) is 16.8 Å². The van der Waals surface area contributed by atoms with Gasteiger partial charge in [-0.15, -0.1) is 0 Å². The van der Waals surface area contributed by atoms with Crippen molar-refractivity contribution in [2.75, 3.05) is 0 Å². The Bertz CT molecular complexity index is 629. The van der Waals surface area contributed by atoms with E-state index in [0.29, 0.717) is 5.56 Å². The lowest BCUT2D eigenvalue weighted by Gasteiger charge is -2.13. The second-order valence-corrected chi connectivity index (χ2v) is 4.24. The highest BCUT2D eigenvalue weighted by molar-refractivity contribution is 5.29. The third kappa shape index (κ3) is 3.69. The molecule has 1 heterocycles. The predicted octanol–water partition coefficient (Wildman–Crippen LogP) is 3.28. The van der Waals surface area contributed by atoms with Crippen molar-refractivity contribution in [1.82, 2.24) is 4.98 Å². The number of benzene rings is 1. The van der Waals surface area contributed by atoms with Gasteiger partial charge in [0.1, 0.15) is 18.1 Å². The van der Waals surface area contributed by atoms with Gasteiger partial charge in [0.25, 0.3) is 0 Å². The lowest BCUT2D eigenvalue weighted by atomic mass is 10.2. The van der Waals surface area contributed by atoms with E-state index < -0.39 is 17.7 Å². The Kier molecular flexibility index (Phi) is 4.42. The molecular formula is C14H12F4N2O. The van der Waals surface area contributed by atoms with Gasteiger partial charge >= 0.3 is 6.18 Å². The lowest BCUT2D eigenvalue weighted by Crippen LogP contribution is -2.12. The first-order valence-electron chi connectivity index (χ1n) is 6.05. The Labute approximate surface area is 118 Å². The second kappa shape index (κ2) is 6.09. The number of halogens is 4. The molecule has 112 valence electrons. The van der Waals surface area contributed by atoms with Crippen LogP contribution >= 0.6 is 0 Å². The molecule has 0 bridgehead atoms. The summed E-state index contributed by atoms with van der Waals surface area (Å²) in [5.74, 6) is -0.741. The molecule has 1 aromatic heterocycles. The van der Waals surface area contributed by atoms with Crippen LogP contribution in [0, 0.1) is 5.82 Å². The lowest BCUT2D eigenvalue weighted by molar-refractivity contribution is -0.141. The van der Waals surface area contributed by atoms with Crippen LogP contribution in [-0.2, 0) is 19.3 Å². The summed E-state index contributed by atoms with van der Waals surface area (Å²) >= 11 is 0. The Hall–Kier alpha value is -2.15. The van der Waals surface area contributed by atoms with Crippen LogP contribution in [0.5, 0.6) is 5.88 Å². The van der Waals surface area contributed by atoms with E-state index in [1.807, 2.05) is 0 Å². The largest absolute Gasteiger partial charge is 0.472 e. The van der Waals surface area contributed by atoms with Gasteiger partial charge in [0.15, 0.2) is 0 Å². The molecule has 0 saturated carbocycles. The summed E-state index contributed by atoms with van der Waals surface area (Å²) in [6.07, 6.45) is -4.58. The highest BCUT2D eigenvalue weighted by atomic mass is 19.4. The monoisotopic (exact) mass is 300 g/mol. The van der Waals surface area contributed by atoms with Gasteiger partial charge in [-0.25, -0.2) is 9.37 Å². The van der Waals surface area contributed by atoms with Gasteiger partial charge in [0, 0.05) is 17.7 Å². The minimum atomic E-state index is -4.58. The second-order valence-electron chi connectivity index (χ2n) is 4.24. The molecule has 2 aromatic rings. The van der Waals surface area contributed by atoms with E-state index in [1.165, 1.54) is 24.3 Å². The van der Waals surface area contributed by atoms with Gasteiger partial charge in [0.05, 0.1) is 0 Å². The summed E-state index contributed by atoms with van der Waals surface area (Å²) in [6.45, 7) is -0.258. The summed E-state index contributed by atoms with van der Waals surface area (Å²) in [6, 6.07) is 7.86. The van der Waals surface area contributed by atoms with E-state index in [9.17, 15) is 17.6 Å². The molecule has 0 saturated heterocycles. The van der Waals surface area contributed by atoms with E-state index >= 15 is 0 Å². The fourth-order valence-corrected chi connectivity index (χ4v) is 1.67. The molecule has 3 nitrogen and oxygen atoms in total. The first-order chi connectivity index (χ1) is 9.91. The summed E-state index contributed by atoms with van der Waals surface area (Å²) in [5.41, 5.74) is 4.89. The van der Waals surface area contributed by atoms with Gasteiger partial charge in [-0.05, 0) is 12.1 Å². The zero-order valence-corrected chi connectivity index (χ0v) is 10.8. The molecule has 2 N–H and O–H groups in total. The molecular weight excluding hydrogens is 288 g/mol. The number of alkyl halides is 3. The number of hydrogen-bond donors (Lipinski definition) is 1. The Morgan fingerprint density at radius 2 is 1.76 bits per heavy atom. The van der Waals surface area contributed by atoms with Crippen LogP contribution in [0.4, 0.5) is 17.6 Å². The normalized spacial score (nSPS) is 11.5. The summed E-state index contributed by atoms with van der Waals surface area (Å²) in [7, 11) is 0. The highest BCUT2D eigenvalue weighted by Gasteiger charge is 2.33. The van der Waals surface area contributed by atoms with Crippen molar-refractivity contribution >= 4 is 0 Å². The Balaban J connectivity index is 2.24. The summed E-state index contributed by atoms with van der Waals surface area (Å²) in [4.78, 5) is 3.41. The van der Waals surface area contributed by atoms with Crippen LogP contribution in [0.3, 0.4) is 0 Å². The van der Waals surface area contributed by atoms with Crippen LogP contribution in [0.2, 0.25) is 0 Å². The van der Waals surface area contributed by atoms with Crippen LogP contribution < -0.4 is 10.5 Å². The maximum Gasteiger partial charge on any atom is 0.433 e. The SMILES string of the molecule is NCc1ccc(C(F)(F)F)nc1OCc1ccccc1F. The molecule has 0 atom stereocenters. The molecule has 0 aliphatic rings. The maximum absolute atomic E-state index is 13.4. The first-order valence-corrected chi connectivity index (χ1v) is 6.05. The van der Waals surface area contributed by atoms with Gasteiger partial charge in [-0.2, -0.15) is 13.2 Å². The molecule has 21 heavy (non-hydrogen) atoms. The van der Waals surface area contributed by atoms with Crippen molar-refractivity contribution in [3.8, 4) is 5.88 Å². The molecule has 0 unspecified atom stereocenters. The van der Waals surface area contributed by atoms with Crippen molar-refractivity contribution in [1.29, 1.82) is 0 Å². The zero-order valence-electron chi connectivity index (χ0n) is 10.8. The van der Waals surface area contributed by atoms with Crippen molar-refractivity contribution < 1.29 is 22.3 Å². The smallest absolute Gasteiger partial charge is 0.433 e. The first kappa shape index (κ1) is 15.2. The zero-order chi connectivity index (χ0) is 15.5. The molecule has 0 amide bonds. The third-order valence-corrected chi connectivity index (χ3v) is 2.77. The molecule has 0 aliphatic carbocycles. The number of ether oxygens (including phenoxy) is 1. The number of hydrogen-bond acceptors (Lipinski definition) is 3. The van der Waals surface area contributed by atoms with Crippen LogP contribution in [0.25, 0.3) is 0 Å². The van der Waals surface area contributed by atoms with Gasteiger partial charge in [-0.1, -0.05) is 24.3 Å². The van der Waals surface area contributed by atoms with E-state index in [0.717, 1.165) is 6.07 Å². The minimum Gasteiger partial charge on any atom is -0.472 e. The van der Waals surface area contributed by atoms with E-state index in [4.69, 9.17) is 10.5 Å². The summed E-state index contributed by atoms with van der Waals surface area (Å²) < 4.78 is 56.5. The predicted molar refractivity (Wildman–Crippen MR) is 67.9 cm³/mol. The van der Waals surface area contributed by atoms with Gasteiger partial charge in [-0.3, -0.25) is 0 Å². The average molecular weight is 300 g/mol. The number of aromatic nitrogens is 1. The number of nitrogens with zero attached hydrogens (tertiary/aromatic N) is 1. The molecule has 7 heteroatoms. The molecule has 0 aliphatic heterocycles. The minimum absolute atomic E-state index is 0.0300. The van der Waals surface area contributed by atoms with Crippen molar-refractivity contribution in [3.63, 3.8) is 0 Å². The number of nitrogens with two attached hydrogens (primary N) is 1. The molecule has 0 spiro atoms. The van der Waals surface area contributed by atoms with Crippen LogP contribution in [0.15, 0.2) is 36.4 Å². The van der Waals surface area contributed by atoms with Crippen molar-refractivity contribution in [2.24, 2.45) is 5.73 Å². The average Bonchev–Trinajstić information content (AvgIpc) is 2.45. The number of rotatable bonds is 4. The van der Waals surface area contributed by atoms with Crippen molar-refractivity contribution in [2.45, 2.75) is 19.3 Å². The standard InChI is InChI=1S/C14H12F4N2O/c15-11-4-2-1-3-10(11)8-21-13-9(7-19)5-6-12(20-13)14(16,17)18/h1-6H,7-8,19H2. The Morgan fingerprint density at radius 1 is 1.05 bits per heavy atom. The number of pyridine rings is 1.